The lowest BCUT2D eigenvalue weighted by Crippen LogP contribution is -2.50. The van der Waals surface area contributed by atoms with Gasteiger partial charge in [-0.05, 0) is 25.1 Å². The van der Waals surface area contributed by atoms with Gasteiger partial charge in [0.05, 0.1) is 26.1 Å². The predicted octanol–water partition coefficient (Wildman–Crippen LogP) is 1.48. The molecule has 28 heavy (non-hydrogen) atoms. The molecule has 3 heterocycles. The van der Waals surface area contributed by atoms with Crippen molar-refractivity contribution in [2.24, 2.45) is 0 Å². The van der Waals surface area contributed by atoms with E-state index in [4.69, 9.17) is 20.2 Å². The second kappa shape index (κ2) is 7.43. The van der Waals surface area contributed by atoms with Crippen molar-refractivity contribution in [3.63, 3.8) is 0 Å². The number of benzene rings is 1. The minimum atomic E-state index is 0.196. The van der Waals surface area contributed by atoms with E-state index in [0.717, 1.165) is 25.2 Å². The average Bonchev–Trinajstić information content (AvgIpc) is 2.72. The Morgan fingerprint density at radius 2 is 1.96 bits per heavy atom. The molecule has 1 unspecified atom stereocenters. The van der Waals surface area contributed by atoms with Crippen LogP contribution in [0.25, 0.3) is 22.4 Å². The molecule has 9 heteroatoms. The summed E-state index contributed by atoms with van der Waals surface area (Å²) in [4.78, 5) is 20.3. The number of hydrogen-bond acceptors (Lipinski definition) is 9. The normalized spacial score (nSPS) is 17.0. The minimum Gasteiger partial charge on any atom is -0.493 e. The van der Waals surface area contributed by atoms with Crippen molar-refractivity contribution < 1.29 is 9.47 Å². The monoisotopic (exact) mass is 381 g/mol. The first-order valence-electron chi connectivity index (χ1n) is 9.10. The fourth-order valence-electron chi connectivity index (χ4n) is 3.40. The molecule has 9 nitrogen and oxygen atoms in total. The number of rotatable bonds is 4. The number of nitrogens with zero attached hydrogens (tertiary/aromatic N) is 5. The first-order chi connectivity index (χ1) is 13.6. The van der Waals surface area contributed by atoms with E-state index in [1.807, 2.05) is 18.2 Å². The number of fused-ring (bicyclic) bond motifs is 1. The number of aromatic nitrogens is 4. The van der Waals surface area contributed by atoms with Crippen LogP contribution in [0, 0.1) is 0 Å². The van der Waals surface area contributed by atoms with Gasteiger partial charge in [0.15, 0.2) is 28.5 Å². The number of piperazine rings is 1. The van der Waals surface area contributed by atoms with E-state index in [-0.39, 0.29) is 12.0 Å². The summed E-state index contributed by atoms with van der Waals surface area (Å²) in [6, 6.07) is 5.90. The van der Waals surface area contributed by atoms with Gasteiger partial charge in [0, 0.05) is 31.2 Å². The maximum Gasteiger partial charge on any atom is 0.224 e. The zero-order valence-corrected chi connectivity index (χ0v) is 16.1. The molecule has 146 valence electrons. The van der Waals surface area contributed by atoms with Crippen molar-refractivity contribution in [2.75, 3.05) is 44.5 Å². The quantitative estimate of drug-likeness (QED) is 0.694. The maximum absolute atomic E-state index is 5.93. The number of methoxy groups -OCH3 is 2. The van der Waals surface area contributed by atoms with Crippen molar-refractivity contribution in [2.45, 2.75) is 13.0 Å². The van der Waals surface area contributed by atoms with E-state index < -0.39 is 0 Å². The van der Waals surface area contributed by atoms with E-state index in [1.54, 1.807) is 20.4 Å². The van der Waals surface area contributed by atoms with Gasteiger partial charge in [-0.25, -0.2) is 9.97 Å². The molecule has 3 aromatic rings. The molecule has 1 aliphatic rings. The Morgan fingerprint density at radius 3 is 2.71 bits per heavy atom. The molecule has 3 N–H and O–H groups in total. The summed E-state index contributed by atoms with van der Waals surface area (Å²) in [6.45, 7) is 4.70. The number of hydrogen-bond donors (Lipinski definition) is 2. The summed E-state index contributed by atoms with van der Waals surface area (Å²) >= 11 is 0. The summed E-state index contributed by atoms with van der Waals surface area (Å²) < 4.78 is 10.7. The number of anilines is 2. The highest BCUT2D eigenvalue weighted by molar-refractivity contribution is 5.86. The van der Waals surface area contributed by atoms with Crippen molar-refractivity contribution in [1.29, 1.82) is 0 Å². The van der Waals surface area contributed by atoms with Crippen molar-refractivity contribution in [3.05, 3.63) is 24.4 Å². The topological polar surface area (TPSA) is 111 Å². The summed E-state index contributed by atoms with van der Waals surface area (Å²) in [5.74, 6) is 2.20. The maximum atomic E-state index is 5.93. The van der Waals surface area contributed by atoms with E-state index in [2.05, 4.69) is 32.1 Å². The minimum absolute atomic E-state index is 0.196. The molecule has 0 bridgehead atoms. The number of nitrogens with two attached hydrogens (primary N) is 1. The van der Waals surface area contributed by atoms with Crippen LogP contribution in [0.15, 0.2) is 24.4 Å². The Labute approximate surface area is 162 Å². The largest absolute Gasteiger partial charge is 0.493 e. The Hall–Kier alpha value is -3.20. The second-order valence-electron chi connectivity index (χ2n) is 6.65. The summed E-state index contributed by atoms with van der Waals surface area (Å²) in [6.07, 6.45) is 1.68. The van der Waals surface area contributed by atoms with Crippen molar-refractivity contribution in [3.8, 4) is 22.8 Å². The van der Waals surface area contributed by atoms with Gasteiger partial charge in [0.25, 0.3) is 0 Å². The molecule has 1 aromatic carbocycles. The molecule has 0 amide bonds. The first kappa shape index (κ1) is 18.2. The summed E-state index contributed by atoms with van der Waals surface area (Å²) in [5, 5.41) is 3.38. The van der Waals surface area contributed by atoms with Gasteiger partial charge in [0.2, 0.25) is 5.95 Å². The second-order valence-corrected chi connectivity index (χ2v) is 6.65. The molecule has 1 saturated heterocycles. The molecule has 1 aliphatic heterocycles. The van der Waals surface area contributed by atoms with Crippen LogP contribution in [0.2, 0.25) is 0 Å². The molecule has 0 spiro atoms. The Balaban J connectivity index is 1.84. The third-order valence-electron chi connectivity index (χ3n) is 4.86. The highest BCUT2D eigenvalue weighted by Crippen LogP contribution is 2.33. The molecule has 0 aliphatic carbocycles. The molecule has 1 fully saturated rings. The van der Waals surface area contributed by atoms with Crippen molar-refractivity contribution in [1.82, 2.24) is 25.3 Å². The fraction of sp³-hybridized carbons (Fsp3) is 0.368. The van der Waals surface area contributed by atoms with Gasteiger partial charge in [-0.1, -0.05) is 0 Å². The van der Waals surface area contributed by atoms with Crippen LogP contribution < -0.4 is 25.4 Å². The molecule has 0 saturated carbocycles. The zero-order valence-electron chi connectivity index (χ0n) is 16.1. The molecule has 4 rings (SSSR count). The third-order valence-corrected chi connectivity index (χ3v) is 4.86. The van der Waals surface area contributed by atoms with Crippen molar-refractivity contribution >= 4 is 22.9 Å². The SMILES string of the molecule is COc1ccc(-c2cnc3nc(N)nc(N4CCNCC4C)c3n2)cc1OC. The van der Waals surface area contributed by atoms with E-state index >= 15 is 0 Å². The van der Waals surface area contributed by atoms with Gasteiger partial charge >= 0.3 is 0 Å². The lowest BCUT2D eigenvalue weighted by Gasteiger charge is -2.35. The van der Waals surface area contributed by atoms with Crippen LogP contribution in [0.1, 0.15) is 6.92 Å². The molecule has 2 aromatic heterocycles. The van der Waals surface area contributed by atoms with Crippen LogP contribution in [0.4, 0.5) is 11.8 Å². The van der Waals surface area contributed by atoms with Gasteiger partial charge in [0.1, 0.15) is 0 Å². The van der Waals surface area contributed by atoms with Crippen LogP contribution in [-0.2, 0) is 0 Å². The van der Waals surface area contributed by atoms with Crippen LogP contribution >= 0.6 is 0 Å². The number of ether oxygens (including phenoxy) is 2. The van der Waals surface area contributed by atoms with Crippen LogP contribution in [0.5, 0.6) is 11.5 Å². The molecule has 0 radical (unpaired) electrons. The first-order valence-corrected chi connectivity index (χ1v) is 9.10. The predicted molar refractivity (Wildman–Crippen MR) is 108 cm³/mol. The molecular formula is C19H23N7O2. The summed E-state index contributed by atoms with van der Waals surface area (Å²) in [5.41, 5.74) is 8.62. The lowest BCUT2D eigenvalue weighted by atomic mass is 10.1. The number of nitrogens with one attached hydrogen (secondary N) is 1. The Morgan fingerprint density at radius 1 is 1.14 bits per heavy atom. The molecule has 1 atom stereocenters. The fourth-order valence-corrected chi connectivity index (χ4v) is 3.40. The van der Waals surface area contributed by atoms with Crippen LogP contribution in [-0.4, -0.2) is 59.8 Å². The highest BCUT2D eigenvalue weighted by Gasteiger charge is 2.23. The smallest absolute Gasteiger partial charge is 0.224 e. The van der Waals surface area contributed by atoms with E-state index in [0.29, 0.717) is 34.2 Å². The van der Waals surface area contributed by atoms with Gasteiger partial charge in [-0.15, -0.1) is 0 Å². The molecular weight excluding hydrogens is 358 g/mol. The Bertz CT molecular complexity index is 1010. The average molecular weight is 381 g/mol. The lowest BCUT2D eigenvalue weighted by molar-refractivity contribution is 0.355. The van der Waals surface area contributed by atoms with Gasteiger partial charge in [-0.3, -0.25) is 0 Å². The van der Waals surface area contributed by atoms with E-state index in [1.165, 1.54) is 0 Å². The standard InChI is InChI=1S/C19H23N7O2/c1-11-9-21-6-7-26(11)18-16-17(24-19(20)25-18)22-10-13(23-16)12-4-5-14(27-2)15(8-12)28-3/h4-5,8,10-11,21H,6-7,9H2,1-3H3,(H2,20,22,24,25). The van der Waals surface area contributed by atoms with Gasteiger partial charge < -0.3 is 25.4 Å². The Kier molecular flexibility index (Phi) is 4.82. The number of nitrogen functional groups attached to an aromatic ring is 1. The van der Waals surface area contributed by atoms with E-state index in [9.17, 15) is 0 Å². The van der Waals surface area contributed by atoms with Crippen LogP contribution in [0.3, 0.4) is 0 Å². The highest BCUT2D eigenvalue weighted by atomic mass is 16.5. The van der Waals surface area contributed by atoms with Gasteiger partial charge in [-0.2, -0.15) is 9.97 Å². The zero-order chi connectivity index (χ0) is 19.7. The third kappa shape index (κ3) is 3.24. The summed E-state index contributed by atoms with van der Waals surface area (Å²) in [7, 11) is 3.21.